The second-order valence-electron chi connectivity index (χ2n) is 7.72. The molecule has 0 spiro atoms. The summed E-state index contributed by atoms with van der Waals surface area (Å²) in [6, 6.07) is 10.5. The molecule has 1 heterocycles. The Bertz CT molecular complexity index is 939. The van der Waals surface area contributed by atoms with E-state index >= 15 is 0 Å². The van der Waals surface area contributed by atoms with Crippen LogP contribution in [0.3, 0.4) is 0 Å². The van der Waals surface area contributed by atoms with E-state index in [9.17, 15) is 14.9 Å². The number of rotatable bonds is 6. The number of methoxy groups -OCH3 is 1. The number of piperazine rings is 1. The molecule has 2 aromatic rings. The van der Waals surface area contributed by atoms with Crippen molar-refractivity contribution in [2.24, 2.45) is 0 Å². The van der Waals surface area contributed by atoms with Gasteiger partial charge in [0.05, 0.1) is 44.3 Å². The number of hydrogen-bond acceptors (Lipinski definition) is 5. The standard InChI is InChI=1S/C22H28N4O4/c1-15-6-5-7-20(16(15)2)25-12-10-24(11-13-25)17(3)22(27)23-19-9-8-18(30-4)14-21(19)26(28)29/h5-9,14,17H,10-13H2,1-4H3,(H,23,27)/p+1/t17-/m0/s1. The maximum absolute atomic E-state index is 12.8. The van der Waals surface area contributed by atoms with Crippen molar-refractivity contribution in [3.63, 3.8) is 0 Å². The molecular formula is C22H29N4O4+. The fraction of sp³-hybridized carbons (Fsp3) is 0.409. The number of carbonyl (C=O) groups is 1. The van der Waals surface area contributed by atoms with Crippen LogP contribution in [0, 0.1) is 24.0 Å². The summed E-state index contributed by atoms with van der Waals surface area (Å²) in [7, 11) is 1.45. The molecule has 0 saturated carbocycles. The highest BCUT2D eigenvalue weighted by Gasteiger charge is 2.31. The van der Waals surface area contributed by atoms with Crippen LogP contribution in [0.15, 0.2) is 36.4 Å². The molecule has 3 rings (SSSR count). The van der Waals surface area contributed by atoms with Crippen LogP contribution in [-0.4, -0.2) is 50.2 Å². The van der Waals surface area contributed by atoms with Crippen molar-refractivity contribution in [2.75, 3.05) is 43.5 Å². The Morgan fingerprint density at radius 1 is 1.23 bits per heavy atom. The van der Waals surface area contributed by atoms with Gasteiger partial charge >= 0.3 is 0 Å². The number of nitro groups is 1. The van der Waals surface area contributed by atoms with E-state index in [4.69, 9.17) is 4.74 Å². The van der Waals surface area contributed by atoms with E-state index in [-0.39, 0.29) is 23.3 Å². The van der Waals surface area contributed by atoms with Crippen LogP contribution >= 0.6 is 0 Å². The Balaban J connectivity index is 1.64. The predicted octanol–water partition coefficient (Wildman–Crippen LogP) is 1.95. The highest BCUT2D eigenvalue weighted by atomic mass is 16.6. The average Bonchev–Trinajstić information content (AvgIpc) is 2.75. The molecule has 0 unspecified atom stereocenters. The van der Waals surface area contributed by atoms with Crippen LogP contribution in [0.25, 0.3) is 0 Å². The van der Waals surface area contributed by atoms with Gasteiger partial charge in [0.15, 0.2) is 6.04 Å². The fourth-order valence-corrected chi connectivity index (χ4v) is 3.87. The number of benzene rings is 2. The smallest absolute Gasteiger partial charge is 0.296 e. The van der Waals surface area contributed by atoms with Crippen LogP contribution in [0.5, 0.6) is 5.75 Å². The summed E-state index contributed by atoms with van der Waals surface area (Å²) in [6.07, 6.45) is 0. The van der Waals surface area contributed by atoms with Crippen LogP contribution in [-0.2, 0) is 4.79 Å². The first kappa shape index (κ1) is 21.6. The Morgan fingerprint density at radius 3 is 2.57 bits per heavy atom. The van der Waals surface area contributed by atoms with Gasteiger partial charge in [0.25, 0.3) is 11.6 Å². The first-order valence-electron chi connectivity index (χ1n) is 10.1. The Kier molecular flexibility index (Phi) is 6.56. The van der Waals surface area contributed by atoms with Gasteiger partial charge in [-0.1, -0.05) is 12.1 Å². The number of ether oxygens (including phenoxy) is 1. The summed E-state index contributed by atoms with van der Waals surface area (Å²) < 4.78 is 5.04. The lowest BCUT2D eigenvalue weighted by Crippen LogP contribution is -3.19. The third-order valence-corrected chi connectivity index (χ3v) is 5.99. The molecule has 2 aromatic carbocycles. The summed E-state index contributed by atoms with van der Waals surface area (Å²) in [5.74, 6) is 0.152. The zero-order valence-electron chi connectivity index (χ0n) is 17.9. The van der Waals surface area contributed by atoms with Crippen LogP contribution < -0.4 is 19.9 Å². The van der Waals surface area contributed by atoms with Crippen molar-refractivity contribution in [3.8, 4) is 5.75 Å². The SMILES string of the molecule is COc1ccc(NC(=O)[C@H](C)[NH+]2CCN(c3cccc(C)c3C)CC2)c([N+](=O)[O-])c1. The van der Waals surface area contributed by atoms with E-state index in [1.165, 1.54) is 41.0 Å². The predicted molar refractivity (Wildman–Crippen MR) is 117 cm³/mol. The second kappa shape index (κ2) is 9.13. The minimum absolute atomic E-state index is 0.176. The molecule has 8 nitrogen and oxygen atoms in total. The van der Waals surface area contributed by atoms with Crippen molar-refractivity contribution in [1.29, 1.82) is 0 Å². The van der Waals surface area contributed by atoms with Crippen LogP contribution in [0.2, 0.25) is 0 Å². The van der Waals surface area contributed by atoms with Crippen molar-refractivity contribution in [2.45, 2.75) is 26.8 Å². The first-order chi connectivity index (χ1) is 14.3. The molecule has 1 aliphatic rings. The lowest BCUT2D eigenvalue weighted by molar-refractivity contribution is -0.914. The minimum atomic E-state index is -0.515. The normalized spacial score (nSPS) is 15.5. The summed E-state index contributed by atoms with van der Waals surface area (Å²) in [6.45, 7) is 9.50. The van der Waals surface area contributed by atoms with Crippen LogP contribution in [0.1, 0.15) is 18.1 Å². The van der Waals surface area contributed by atoms with Gasteiger partial charge in [0, 0.05) is 5.69 Å². The molecule has 0 aliphatic carbocycles. The maximum Gasteiger partial charge on any atom is 0.296 e. The topological polar surface area (TPSA) is 89.2 Å². The van der Waals surface area contributed by atoms with Crippen molar-refractivity contribution in [1.82, 2.24) is 0 Å². The Hall–Kier alpha value is -3.13. The molecule has 1 fully saturated rings. The summed E-state index contributed by atoms with van der Waals surface area (Å²) >= 11 is 0. The monoisotopic (exact) mass is 413 g/mol. The molecular weight excluding hydrogens is 384 g/mol. The number of anilines is 2. The number of quaternary nitrogens is 1. The summed E-state index contributed by atoms with van der Waals surface area (Å²) in [5, 5.41) is 14.1. The van der Waals surface area contributed by atoms with Gasteiger partial charge in [-0.05, 0) is 50.1 Å². The number of hydrogen-bond donors (Lipinski definition) is 2. The van der Waals surface area contributed by atoms with Crippen molar-refractivity contribution in [3.05, 3.63) is 57.6 Å². The molecule has 160 valence electrons. The van der Waals surface area contributed by atoms with Gasteiger partial charge in [-0.3, -0.25) is 14.9 Å². The number of nitro benzene ring substituents is 1. The van der Waals surface area contributed by atoms with Gasteiger partial charge in [-0.2, -0.15) is 0 Å². The zero-order valence-corrected chi connectivity index (χ0v) is 17.9. The number of nitrogens with zero attached hydrogens (tertiary/aromatic N) is 2. The Labute approximate surface area is 176 Å². The van der Waals surface area contributed by atoms with E-state index in [1.54, 1.807) is 6.07 Å². The fourth-order valence-electron chi connectivity index (χ4n) is 3.87. The van der Waals surface area contributed by atoms with Gasteiger partial charge in [0.1, 0.15) is 11.4 Å². The van der Waals surface area contributed by atoms with E-state index in [1.807, 2.05) is 6.92 Å². The minimum Gasteiger partial charge on any atom is -0.496 e. The first-order valence-corrected chi connectivity index (χ1v) is 10.1. The summed E-state index contributed by atoms with van der Waals surface area (Å²) in [5.41, 5.74) is 3.82. The van der Waals surface area contributed by atoms with Gasteiger partial charge in [0.2, 0.25) is 0 Å². The molecule has 0 radical (unpaired) electrons. The highest BCUT2D eigenvalue weighted by molar-refractivity contribution is 5.95. The molecule has 0 bridgehead atoms. The zero-order chi connectivity index (χ0) is 21.8. The Morgan fingerprint density at radius 2 is 1.93 bits per heavy atom. The quantitative estimate of drug-likeness (QED) is 0.558. The number of amides is 1. The molecule has 2 N–H and O–H groups in total. The van der Waals surface area contributed by atoms with Crippen molar-refractivity contribution >= 4 is 23.0 Å². The number of aryl methyl sites for hydroxylation is 1. The van der Waals surface area contributed by atoms with E-state index in [0.717, 1.165) is 26.2 Å². The molecule has 1 amide bonds. The second-order valence-corrected chi connectivity index (χ2v) is 7.72. The molecule has 0 aromatic heterocycles. The van der Waals surface area contributed by atoms with Gasteiger partial charge in [-0.25, -0.2) is 0 Å². The molecule has 1 saturated heterocycles. The third-order valence-electron chi connectivity index (χ3n) is 5.99. The van der Waals surface area contributed by atoms with Crippen molar-refractivity contribution < 1.29 is 19.4 Å². The molecule has 1 aliphatic heterocycles. The molecule has 1 atom stereocenters. The van der Waals surface area contributed by atoms with Crippen LogP contribution in [0.4, 0.5) is 17.1 Å². The maximum atomic E-state index is 12.8. The summed E-state index contributed by atoms with van der Waals surface area (Å²) in [4.78, 5) is 27.2. The number of nitrogens with one attached hydrogen (secondary N) is 2. The average molecular weight is 413 g/mol. The molecule has 8 heteroatoms. The van der Waals surface area contributed by atoms with Gasteiger partial charge < -0.3 is 19.9 Å². The molecule has 30 heavy (non-hydrogen) atoms. The third kappa shape index (κ3) is 4.54. The highest BCUT2D eigenvalue weighted by Crippen LogP contribution is 2.29. The van der Waals surface area contributed by atoms with E-state index < -0.39 is 4.92 Å². The number of carbonyl (C=O) groups excluding carboxylic acids is 1. The van der Waals surface area contributed by atoms with E-state index in [2.05, 4.69) is 42.3 Å². The lowest BCUT2D eigenvalue weighted by atomic mass is 10.1. The lowest BCUT2D eigenvalue weighted by Gasteiger charge is -2.36. The van der Waals surface area contributed by atoms with Gasteiger partial charge in [-0.15, -0.1) is 0 Å². The van der Waals surface area contributed by atoms with E-state index in [0.29, 0.717) is 5.75 Å². The largest absolute Gasteiger partial charge is 0.496 e.